The van der Waals surface area contributed by atoms with Crippen molar-refractivity contribution < 1.29 is 9.72 Å². The van der Waals surface area contributed by atoms with Gasteiger partial charge < -0.3 is 5.32 Å². The van der Waals surface area contributed by atoms with Gasteiger partial charge in [-0.05, 0) is 60.2 Å². The van der Waals surface area contributed by atoms with Crippen LogP contribution in [0.1, 0.15) is 5.56 Å². The van der Waals surface area contributed by atoms with Crippen LogP contribution in [0.5, 0.6) is 0 Å². The summed E-state index contributed by atoms with van der Waals surface area (Å²) in [4.78, 5) is 36.8. The zero-order valence-corrected chi connectivity index (χ0v) is 19.4. The van der Waals surface area contributed by atoms with E-state index in [1.54, 1.807) is 60.7 Å². The van der Waals surface area contributed by atoms with Crippen molar-refractivity contribution in [3.05, 3.63) is 119 Å². The van der Waals surface area contributed by atoms with Gasteiger partial charge in [0.25, 0.3) is 17.2 Å². The molecule has 1 amide bonds. The molecule has 0 atom stereocenters. The first-order valence-corrected chi connectivity index (χ1v) is 11.3. The Morgan fingerprint density at radius 3 is 2.31 bits per heavy atom. The number of aromatic nitrogens is 1. The predicted octanol–water partition coefficient (Wildman–Crippen LogP) is 3.60. The van der Waals surface area contributed by atoms with E-state index in [2.05, 4.69) is 5.32 Å². The van der Waals surface area contributed by atoms with Crippen LogP contribution in [0.25, 0.3) is 17.3 Å². The number of halogens is 1. The van der Waals surface area contributed by atoms with Gasteiger partial charge in [-0.25, -0.2) is 0 Å². The smallest absolute Gasteiger partial charge is 0.273 e. The molecule has 1 N–H and O–H groups in total. The number of carbonyl (C=O) groups is 1. The van der Waals surface area contributed by atoms with Crippen molar-refractivity contribution in [2.24, 2.45) is 0 Å². The van der Waals surface area contributed by atoms with Gasteiger partial charge in [0.05, 0.1) is 15.1 Å². The van der Waals surface area contributed by atoms with Gasteiger partial charge in [0, 0.05) is 22.8 Å². The molecule has 4 rings (SSSR count). The Kier molecular flexibility index (Phi) is 6.87. The number of anilines is 1. The van der Waals surface area contributed by atoms with E-state index in [1.165, 1.54) is 28.8 Å². The number of nitrogens with one attached hydrogen (secondary N) is 1. The molecule has 0 saturated carbocycles. The molecular weight excluding hydrogens is 488 g/mol. The van der Waals surface area contributed by atoms with Gasteiger partial charge in [0.15, 0.2) is 5.57 Å². The van der Waals surface area contributed by atoms with Crippen molar-refractivity contribution in [1.29, 1.82) is 5.26 Å². The quantitative estimate of drug-likeness (QED) is 0.330. The highest BCUT2D eigenvalue weighted by atomic mass is 35.5. The van der Waals surface area contributed by atoms with E-state index in [-0.39, 0.29) is 20.5 Å². The van der Waals surface area contributed by atoms with Crippen LogP contribution in [-0.2, 0) is 4.79 Å². The average Bonchev–Trinajstić information content (AvgIpc) is 3.17. The minimum Gasteiger partial charge on any atom is -0.321 e. The van der Waals surface area contributed by atoms with Gasteiger partial charge >= 0.3 is 0 Å². The van der Waals surface area contributed by atoms with Gasteiger partial charge in [-0.15, -0.1) is 11.3 Å². The SMILES string of the molecule is N#CC(C(=O)Nc1ccc(Cl)cc1)=c1sc(=Cc2ccc([N+](=O)[O-])cc2)c(=O)n1-c1ccccc1. The van der Waals surface area contributed by atoms with Crippen LogP contribution in [0.15, 0.2) is 83.7 Å². The number of hydrogen-bond acceptors (Lipinski definition) is 6. The van der Waals surface area contributed by atoms with Gasteiger partial charge in [0.2, 0.25) is 0 Å². The molecule has 0 aliphatic rings. The van der Waals surface area contributed by atoms with Crippen molar-refractivity contribution in [3.8, 4) is 11.8 Å². The molecule has 0 fully saturated rings. The van der Waals surface area contributed by atoms with Crippen LogP contribution < -0.4 is 20.1 Å². The number of nitro benzene ring substituents is 1. The predicted molar refractivity (Wildman–Crippen MR) is 135 cm³/mol. The standard InChI is InChI=1S/C25H15ClN4O4S/c26-17-8-10-18(11-9-17)28-23(31)21(15-27)25-29(19-4-2-1-3-5-19)24(32)22(35-25)14-16-6-12-20(13-7-16)30(33)34/h1-14H,(H,28,31). The van der Waals surface area contributed by atoms with E-state index in [9.17, 15) is 25.0 Å². The van der Waals surface area contributed by atoms with E-state index in [1.807, 2.05) is 6.07 Å². The Morgan fingerprint density at radius 1 is 1.06 bits per heavy atom. The molecule has 0 aliphatic carbocycles. The summed E-state index contributed by atoms with van der Waals surface area (Å²) in [5.41, 5.74) is 0.740. The fraction of sp³-hybridized carbons (Fsp3) is 0. The fourth-order valence-corrected chi connectivity index (χ4v) is 4.46. The molecule has 1 heterocycles. The molecule has 3 aromatic carbocycles. The number of thiazole rings is 1. The third-order valence-corrected chi connectivity index (χ3v) is 6.24. The highest BCUT2D eigenvalue weighted by molar-refractivity contribution is 7.07. The third-order valence-electron chi connectivity index (χ3n) is 4.89. The molecule has 8 nitrogen and oxygen atoms in total. The van der Waals surface area contributed by atoms with Crippen LogP contribution in [0.4, 0.5) is 11.4 Å². The minimum absolute atomic E-state index is 0.0744. The monoisotopic (exact) mass is 502 g/mol. The summed E-state index contributed by atoms with van der Waals surface area (Å²) in [6.45, 7) is 0. The van der Waals surface area contributed by atoms with Gasteiger partial charge in [0.1, 0.15) is 10.7 Å². The number of nitriles is 1. The minimum atomic E-state index is -0.678. The second-order valence-electron chi connectivity index (χ2n) is 7.19. The molecule has 35 heavy (non-hydrogen) atoms. The van der Waals surface area contributed by atoms with Crippen LogP contribution in [0, 0.1) is 21.4 Å². The molecule has 0 unspecified atom stereocenters. The number of amides is 1. The van der Waals surface area contributed by atoms with Crippen molar-refractivity contribution in [2.75, 3.05) is 5.32 Å². The van der Waals surface area contributed by atoms with Crippen molar-refractivity contribution in [3.63, 3.8) is 0 Å². The molecule has 0 saturated heterocycles. The molecular formula is C25H15ClN4O4S. The summed E-state index contributed by atoms with van der Waals surface area (Å²) in [6, 6.07) is 22.7. The van der Waals surface area contributed by atoms with E-state index in [4.69, 9.17) is 11.6 Å². The first-order chi connectivity index (χ1) is 16.9. The van der Waals surface area contributed by atoms with E-state index < -0.39 is 16.4 Å². The lowest BCUT2D eigenvalue weighted by Gasteiger charge is -2.06. The summed E-state index contributed by atoms with van der Waals surface area (Å²) in [5.74, 6) is -0.678. The van der Waals surface area contributed by atoms with Crippen LogP contribution in [0.3, 0.4) is 0 Å². The van der Waals surface area contributed by atoms with Crippen molar-refractivity contribution in [1.82, 2.24) is 4.57 Å². The number of benzene rings is 3. The maximum absolute atomic E-state index is 13.4. The lowest BCUT2D eigenvalue weighted by Crippen LogP contribution is -2.32. The van der Waals surface area contributed by atoms with Gasteiger partial charge in [-0.3, -0.25) is 24.3 Å². The largest absolute Gasteiger partial charge is 0.321 e. The zero-order chi connectivity index (χ0) is 24.9. The zero-order valence-electron chi connectivity index (χ0n) is 17.8. The number of carbonyl (C=O) groups excluding carboxylic acids is 1. The van der Waals surface area contributed by atoms with Crippen molar-refractivity contribution >= 4 is 51.9 Å². The molecule has 172 valence electrons. The number of nitrogens with zero attached hydrogens (tertiary/aromatic N) is 3. The summed E-state index contributed by atoms with van der Waals surface area (Å²) in [5, 5.41) is 23.9. The Hall–Kier alpha value is -4.52. The highest BCUT2D eigenvalue weighted by Gasteiger charge is 2.17. The first kappa shape index (κ1) is 23.6. The second kappa shape index (κ2) is 10.2. The normalized spacial score (nSPS) is 12.1. The average molecular weight is 503 g/mol. The third kappa shape index (κ3) is 5.19. The first-order valence-electron chi connectivity index (χ1n) is 10.1. The number of nitro groups is 1. The molecule has 1 aromatic heterocycles. The maximum atomic E-state index is 13.4. The van der Waals surface area contributed by atoms with E-state index in [0.29, 0.717) is 22.0 Å². The Labute approximate surface area is 207 Å². The number of para-hydroxylation sites is 1. The van der Waals surface area contributed by atoms with Gasteiger partial charge in [-0.1, -0.05) is 29.8 Å². The summed E-state index contributed by atoms with van der Waals surface area (Å²) >= 11 is 6.87. The van der Waals surface area contributed by atoms with E-state index in [0.717, 1.165) is 11.3 Å². The lowest BCUT2D eigenvalue weighted by atomic mass is 10.2. The maximum Gasteiger partial charge on any atom is 0.273 e. The van der Waals surface area contributed by atoms with Crippen LogP contribution in [-0.4, -0.2) is 15.4 Å². The number of non-ortho nitro benzene ring substituents is 1. The second-order valence-corrected chi connectivity index (χ2v) is 8.66. The Morgan fingerprint density at radius 2 is 1.71 bits per heavy atom. The summed E-state index contributed by atoms with van der Waals surface area (Å²) in [7, 11) is 0. The topological polar surface area (TPSA) is 118 Å². The number of rotatable bonds is 5. The summed E-state index contributed by atoms with van der Waals surface area (Å²) < 4.78 is 1.72. The van der Waals surface area contributed by atoms with Gasteiger partial charge in [-0.2, -0.15) is 5.26 Å². The molecule has 0 spiro atoms. The summed E-state index contributed by atoms with van der Waals surface area (Å²) in [6.07, 6.45) is 1.56. The van der Waals surface area contributed by atoms with E-state index >= 15 is 0 Å². The lowest BCUT2D eigenvalue weighted by molar-refractivity contribution is -0.384. The number of hydrogen-bond donors (Lipinski definition) is 1. The van der Waals surface area contributed by atoms with Crippen LogP contribution >= 0.6 is 22.9 Å². The molecule has 0 radical (unpaired) electrons. The molecule has 0 aliphatic heterocycles. The fourth-order valence-electron chi connectivity index (χ4n) is 3.23. The molecule has 0 bridgehead atoms. The Balaban J connectivity index is 1.91. The Bertz CT molecular complexity index is 1640. The molecule has 4 aromatic rings. The van der Waals surface area contributed by atoms with Crippen LogP contribution in [0.2, 0.25) is 5.02 Å². The molecule has 10 heteroatoms. The highest BCUT2D eigenvalue weighted by Crippen LogP contribution is 2.15. The van der Waals surface area contributed by atoms with Crippen molar-refractivity contribution in [2.45, 2.75) is 0 Å².